The monoisotopic (exact) mass is 303 g/mol. The molecule has 2 N–H and O–H groups in total. The van der Waals surface area contributed by atoms with Crippen LogP contribution in [0.1, 0.15) is 53.6 Å². The molecule has 5 heteroatoms. The van der Waals surface area contributed by atoms with Gasteiger partial charge in [-0.25, -0.2) is 0 Å². The van der Waals surface area contributed by atoms with Gasteiger partial charge in [0, 0.05) is 31.4 Å². The Morgan fingerprint density at radius 3 is 2.59 bits per heavy atom. The van der Waals surface area contributed by atoms with Crippen LogP contribution >= 0.6 is 0 Å². The summed E-state index contributed by atoms with van der Waals surface area (Å²) in [7, 11) is 0. The molecule has 0 bridgehead atoms. The van der Waals surface area contributed by atoms with E-state index in [0.717, 1.165) is 19.3 Å². The molecule has 1 amide bonds. The van der Waals surface area contributed by atoms with E-state index in [-0.39, 0.29) is 31.0 Å². The fourth-order valence-corrected chi connectivity index (χ4v) is 2.67. The number of benzene rings is 1. The summed E-state index contributed by atoms with van der Waals surface area (Å²) >= 11 is 0. The number of carboxylic acid groups (broad SMARTS) is 1. The second kappa shape index (κ2) is 7.73. The number of aryl methyl sites for hydroxylation is 2. The Bertz CT molecular complexity index is 580. The zero-order valence-electron chi connectivity index (χ0n) is 12.6. The number of rotatable bonds is 8. The average Bonchev–Trinajstić information content (AvgIpc) is 2.96. The largest absolute Gasteiger partial charge is 0.481 e. The number of amides is 1. The van der Waals surface area contributed by atoms with E-state index >= 15 is 0 Å². The molecule has 1 aromatic rings. The van der Waals surface area contributed by atoms with Gasteiger partial charge in [0.2, 0.25) is 5.91 Å². The molecule has 0 fully saturated rings. The first-order valence-corrected chi connectivity index (χ1v) is 7.70. The van der Waals surface area contributed by atoms with Crippen LogP contribution in [0.2, 0.25) is 0 Å². The Morgan fingerprint density at radius 1 is 1.05 bits per heavy atom. The molecule has 0 spiro atoms. The number of Topliss-reactive ketones (excluding diaryl/α,β-unsaturated/α-hetero) is 1. The molecule has 1 aliphatic rings. The van der Waals surface area contributed by atoms with Crippen molar-refractivity contribution in [2.24, 2.45) is 0 Å². The first-order valence-electron chi connectivity index (χ1n) is 7.70. The van der Waals surface area contributed by atoms with E-state index in [1.165, 1.54) is 11.1 Å². The van der Waals surface area contributed by atoms with Crippen LogP contribution in [0.15, 0.2) is 18.2 Å². The molecule has 0 atom stereocenters. The van der Waals surface area contributed by atoms with Crippen molar-refractivity contribution in [3.63, 3.8) is 0 Å². The Kier molecular flexibility index (Phi) is 5.69. The number of carbonyl (C=O) groups is 3. The maximum absolute atomic E-state index is 12.1. The van der Waals surface area contributed by atoms with Crippen LogP contribution in [0.25, 0.3) is 0 Å². The number of hydrogen-bond donors (Lipinski definition) is 2. The summed E-state index contributed by atoms with van der Waals surface area (Å²) in [6.07, 6.45) is 4.02. The molecule has 1 aliphatic carbocycles. The molecule has 0 unspecified atom stereocenters. The molecule has 0 saturated heterocycles. The van der Waals surface area contributed by atoms with Crippen LogP contribution in [0.3, 0.4) is 0 Å². The minimum Gasteiger partial charge on any atom is -0.481 e. The highest BCUT2D eigenvalue weighted by molar-refractivity contribution is 5.98. The van der Waals surface area contributed by atoms with Gasteiger partial charge >= 0.3 is 5.97 Å². The average molecular weight is 303 g/mol. The zero-order valence-corrected chi connectivity index (χ0v) is 12.6. The van der Waals surface area contributed by atoms with Gasteiger partial charge in [0.25, 0.3) is 0 Å². The Hall–Kier alpha value is -2.17. The van der Waals surface area contributed by atoms with E-state index in [0.29, 0.717) is 18.5 Å². The van der Waals surface area contributed by atoms with Gasteiger partial charge in [0.15, 0.2) is 5.78 Å². The van der Waals surface area contributed by atoms with Crippen molar-refractivity contribution >= 4 is 17.7 Å². The molecule has 5 nitrogen and oxygen atoms in total. The molecule has 0 aliphatic heterocycles. The van der Waals surface area contributed by atoms with E-state index in [9.17, 15) is 14.4 Å². The maximum atomic E-state index is 12.1. The van der Waals surface area contributed by atoms with Crippen molar-refractivity contribution in [1.29, 1.82) is 0 Å². The van der Waals surface area contributed by atoms with Crippen molar-refractivity contribution in [3.8, 4) is 0 Å². The number of ketones is 1. The molecular formula is C17H21NO4. The van der Waals surface area contributed by atoms with Crippen molar-refractivity contribution in [3.05, 3.63) is 34.9 Å². The molecule has 0 saturated carbocycles. The van der Waals surface area contributed by atoms with Crippen LogP contribution in [-0.2, 0) is 22.4 Å². The van der Waals surface area contributed by atoms with Gasteiger partial charge in [-0.15, -0.1) is 0 Å². The van der Waals surface area contributed by atoms with Crippen molar-refractivity contribution in [2.45, 2.75) is 44.9 Å². The first-order chi connectivity index (χ1) is 10.6. The number of hydrogen-bond acceptors (Lipinski definition) is 3. The van der Waals surface area contributed by atoms with E-state index < -0.39 is 5.97 Å². The third kappa shape index (κ3) is 4.69. The summed E-state index contributed by atoms with van der Waals surface area (Å²) in [6, 6.07) is 5.81. The van der Waals surface area contributed by atoms with Gasteiger partial charge in [0.05, 0.1) is 0 Å². The van der Waals surface area contributed by atoms with Gasteiger partial charge in [-0.1, -0.05) is 12.1 Å². The van der Waals surface area contributed by atoms with Crippen molar-refractivity contribution in [2.75, 3.05) is 6.54 Å². The van der Waals surface area contributed by atoms with Crippen LogP contribution < -0.4 is 5.32 Å². The van der Waals surface area contributed by atoms with Crippen molar-refractivity contribution in [1.82, 2.24) is 5.32 Å². The third-order valence-corrected chi connectivity index (χ3v) is 3.89. The number of carbonyl (C=O) groups excluding carboxylic acids is 2. The summed E-state index contributed by atoms with van der Waals surface area (Å²) in [5.74, 6) is -1.10. The zero-order chi connectivity index (χ0) is 15.9. The highest BCUT2D eigenvalue weighted by Gasteiger charge is 2.14. The molecule has 22 heavy (non-hydrogen) atoms. The molecule has 0 radical (unpaired) electrons. The molecule has 0 heterocycles. The van der Waals surface area contributed by atoms with Gasteiger partial charge < -0.3 is 10.4 Å². The molecule has 0 aromatic heterocycles. The predicted octanol–water partition coefficient (Wildman–Crippen LogP) is 2.12. The molecule has 2 rings (SSSR count). The normalized spacial score (nSPS) is 12.7. The summed E-state index contributed by atoms with van der Waals surface area (Å²) in [6.45, 7) is 0.332. The molecule has 118 valence electrons. The number of nitrogens with one attached hydrogen (secondary N) is 1. The van der Waals surface area contributed by atoms with Crippen LogP contribution in [0, 0.1) is 0 Å². The highest BCUT2D eigenvalue weighted by atomic mass is 16.4. The summed E-state index contributed by atoms with van der Waals surface area (Å²) in [5, 5.41) is 11.1. The fraction of sp³-hybridized carbons (Fsp3) is 0.471. The lowest BCUT2D eigenvalue weighted by Gasteiger charge is -2.06. The maximum Gasteiger partial charge on any atom is 0.303 e. The lowest BCUT2D eigenvalue weighted by Crippen LogP contribution is -2.25. The molecular weight excluding hydrogens is 282 g/mol. The van der Waals surface area contributed by atoms with Gasteiger partial charge in [-0.3, -0.25) is 14.4 Å². The van der Waals surface area contributed by atoms with Gasteiger partial charge in [0.1, 0.15) is 0 Å². The second-order valence-electron chi connectivity index (χ2n) is 5.61. The van der Waals surface area contributed by atoms with Crippen LogP contribution in [-0.4, -0.2) is 29.3 Å². The van der Waals surface area contributed by atoms with Crippen LogP contribution in [0.4, 0.5) is 0 Å². The lowest BCUT2D eigenvalue weighted by atomic mass is 10.0. The van der Waals surface area contributed by atoms with Gasteiger partial charge in [-0.2, -0.15) is 0 Å². The van der Waals surface area contributed by atoms with E-state index in [1.807, 2.05) is 18.2 Å². The fourth-order valence-electron chi connectivity index (χ4n) is 2.67. The standard InChI is InChI=1S/C17H21NO4/c19-15(8-9-16(20)18-10-2-5-17(21)22)14-7-6-12-3-1-4-13(12)11-14/h6-7,11H,1-5,8-10H2,(H,18,20)(H,21,22). The second-order valence-corrected chi connectivity index (χ2v) is 5.61. The Morgan fingerprint density at radius 2 is 1.82 bits per heavy atom. The van der Waals surface area contributed by atoms with E-state index in [1.54, 1.807) is 0 Å². The Labute approximate surface area is 129 Å². The van der Waals surface area contributed by atoms with E-state index in [4.69, 9.17) is 5.11 Å². The third-order valence-electron chi connectivity index (χ3n) is 3.89. The van der Waals surface area contributed by atoms with Crippen molar-refractivity contribution < 1.29 is 19.5 Å². The van der Waals surface area contributed by atoms with Crippen LogP contribution in [0.5, 0.6) is 0 Å². The minimum atomic E-state index is -0.874. The number of aliphatic carboxylic acids is 1. The summed E-state index contributed by atoms with van der Waals surface area (Å²) in [5.41, 5.74) is 3.26. The van der Waals surface area contributed by atoms with E-state index in [2.05, 4.69) is 5.32 Å². The first kappa shape index (κ1) is 16.2. The lowest BCUT2D eigenvalue weighted by molar-refractivity contribution is -0.137. The minimum absolute atomic E-state index is 0.0182. The number of carboxylic acids is 1. The highest BCUT2D eigenvalue weighted by Crippen LogP contribution is 2.23. The summed E-state index contributed by atoms with van der Waals surface area (Å²) < 4.78 is 0. The number of fused-ring (bicyclic) bond motifs is 1. The molecule has 1 aromatic carbocycles. The smallest absolute Gasteiger partial charge is 0.303 e. The van der Waals surface area contributed by atoms with Gasteiger partial charge in [-0.05, 0) is 42.9 Å². The Balaban J connectivity index is 1.73. The quantitative estimate of drug-likeness (QED) is 0.569. The predicted molar refractivity (Wildman–Crippen MR) is 81.9 cm³/mol. The summed E-state index contributed by atoms with van der Waals surface area (Å²) in [4.78, 5) is 34.0. The topological polar surface area (TPSA) is 83.5 Å². The SMILES string of the molecule is O=C(O)CCCNC(=O)CCC(=O)c1ccc2c(c1)CCC2.